The molecule has 1 saturated heterocycles. The number of carbonyl (C=O) groups excluding carboxylic acids is 1. The first-order chi connectivity index (χ1) is 12.9. The van der Waals surface area contributed by atoms with E-state index >= 15 is 0 Å². The molecule has 1 heterocycles. The highest BCUT2D eigenvalue weighted by Crippen LogP contribution is 2.12. The predicted octanol–water partition coefficient (Wildman–Crippen LogP) is 1.99. The second-order valence-corrected chi connectivity index (χ2v) is 7.63. The van der Waals surface area contributed by atoms with Crippen LogP contribution >= 0.6 is 0 Å². The van der Waals surface area contributed by atoms with E-state index in [1.807, 2.05) is 20.8 Å². The summed E-state index contributed by atoms with van der Waals surface area (Å²) in [6.07, 6.45) is 2.49. The fourth-order valence-electron chi connectivity index (χ4n) is 2.72. The van der Waals surface area contributed by atoms with Crippen molar-refractivity contribution in [2.24, 2.45) is 4.99 Å². The number of hydrogen-bond donors (Lipinski definition) is 2. The number of hydrogen-bond acceptors (Lipinski definition) is 5. The monoisotopic (exact) mass is 386 g/mol. The van der Waals surface area contributed by atoms with Gasteiger partial charge in [0, 0.05) is 39.9 Å². The Kier molecular flexibility index (Phi) is 11.1. The molecular weight excluding hydrogens is 348 g/mol. The lowest BCUT2D eigenvalue weighted by Crippen LogP contribution is -2.44. The van der Waals surface area contributed by atoms with Gasteiger partial charge in [-0.05, 0) is 47.0 Å². The van der Waals surface area contributed by atoms with E-state index in [-0.39, 0.29) is 12.1 Å². The molecule has 8 heteroatoms. The van der Waals surface area contributed by atoms with Crippen molar-refractivity contribution >= 4 is 12.1 Å². The summed E-state index contributed by atoms with van der Waals surface area (Å²) in [5.41, 5.74) is -0.480. The van der Waals surface area contributed by atoms with Crippen LogP contribution in [0.4, 0.5) is 4.79 Å². The largest absolute Gasteiger partial charge is 0.444 e. The van der Waals surface area contributed by atoms with E-state index in [0.29, 0.717) is 13.2 Å². The van der Waals surface area contributed by atoms with E-state index in [9.17, 15) is 4.79 Å². The van der Waals surface area contributed by atoms with Gasteiger partial charge in [0.15, 0.2) is 5.96 Å². The Balaban J connectivity index is 2.34. The highest BCUT2D eigenvalue weighted by atomic mass is 16.6. The lowest BCUT2D eigenvalue weighted by atomic mass is 10.2. The van der Waals surface area contributed by atoms with Gasteiger partial charge in [-0.3, -0.25) is 4.99 Å². The van der Waals surface area contributed by atoms with Crippen LogP contribution < -0.4 is 10.6 Å². The number of guanidine groups is 1. The Hall–Kier alpha value is -1.54. The molecule has 0 bridgehead atoms. The van der Waals surface area contributed by atoms with Crippen LogP contribution in [0.2, 0.25) is 0 Å². The highest BCUT2D eigenvalue weighted by molar-refractivity contribution is 5.80. The van der Waals surface area contributed by atoms with Crippen molar-refractivity contribution < 1.29 is 19.0 Å². The normalized spacial score (nSPS) is 17.9. The number of nitrogens with one attached hydrogen (secondary N) is 2. The van der Waals surface area contributed by atoms with Gasteiger partial charge in [-0.1, -0.05) is 0 Å². The van der Waals surface area contributed by atoms with Crippen LogP contribution in [-0.4, -0.2) is 81.7 Å². The van der Waals surface area contributed by atoms with Gasteiger partial charge in [-0.15, -0.1) is 0 Å². The van der Waals surface area contributed by atoms with E-state index in [0.717, 1.165) is 58.0 Å². The minimum Gasteiger partial charge on any atom is -0.444 e. The molecule has 1 rings (SSSR count). The molecule has 1 aliphatic rings. The number of alkyl carbamates (subject to hydrolysis) is 1. The number of likely N-dealkylation sites (tertiary alicyclic amines) is 1. The van der Waals surface area contributed by atoms with Gasteiger partial charge in [0.25, 0.3) is 0 Å². The smallest absolute Gasteiger partial charge is 0.407 e. The number of unbranched alkanes of at least 4 members (excludes halogenated alkanes) is 1. The molecule has 0 aromatic rings. The first-order valence-electron chi connectivity index (χ1n) is 9.95. The molecule has 1 atom stereocenters. The van der Waals surface area contributed by atoms with Gasteiger partial charge >= 0.3 is 6.09 Å². The standard InChI is InChI=1S/C19H38N4O4/c1-6-20-17(21-10-7-8-12-26-14-13-25-5)23-11-9-16(15-23)22-18(24)27-19(2,3)4/h16H,6-15H2,1-5H3,(H,20,21)(H,22,24). The molecule has 0 aliphatic carbocycles. The van der Waals surface area contributed by atoms with Crippen molar-refractivity contribution in [2.75, 3.05) is 53.1 Å². The molecule has 1 fully saturated rings. The Labute approximate surface area is 164 Å². The molecule has 2 N–H and O–H groups in total. The third kappa shape index (κ3) is 11.0. The molecule has 158 valence electrons. The van der Waals surface area contributed by atoms with Gasteiger partial charge in [0.1, 0.15) is 5.60 Å². The van der Waals surface area contributed by atoms with Crippen molar-refractivity contribution in [3.8, 4) is 0 Å². The van der Waals surface area contributed by atoms with Crippen molar-refractivity contribution in [2.45, 2.75) is 58.6 Å². The number of aliphatic imine (C=N–C) groups is 1. The van der Waals surface area contributed by atoms with E-state index in [2.05, 4.69) is 22.5 Å². The predicted molar refractivity (Wildman–Crippen MR) is 107 cm³/mol. The summed E-state index contributed by atoms with van der Waals surface area (Å²) >= 11 is 0. The number of carbonyl (C=O) groups is 1. The number of nitrogens with zero attached hydrogens (tertiary/aromatic N) is 2. The minimum atomic E-state index is -0.480. The van der Waals surface area contributed by atoms with Crippen molar-refractivity contribution in [1.82, 2.24) is 15.5 Å². The quantitative estimate of drug-likeness (QED) is 0.339. The second kappa shape index (κ2) is 12.8. The highest BCUT2D eigenvalue weighted by Gasteiger charge is 2.27. The average molecular weight is 387 g/mol. The molecule has 0 aromatic carbocycles. The molecule has 1 unspecified atom stereocenters. The van der Waals surface area contributed by atoms with Crippen molar-refractivity contribution in [3.05, 3.63) is 0 Å². The van der Waals surface area contributed by atoms with Gasteiger partial charge in [0.05, 0.1) is 19.3 Å². The fourth-order valence-corrected chi connectivity index (χ4v) is 2.72. The zero-order valence-electron chi connectivity index (χ0n) is 17.7. The lowest BCUT2D eigenvalue weighted by molar-refractivity contribution is 0.0507. The fraction of sp³-hybridized carbons (Fsp3) is 0.895. The molecule has 0 spiro atoms. The number of ether oxygens (including phenoxy) is 3. The van der Waals surface area contributed by atoms with Crippen LogP contribution in [0.25, 0.3) is 0 Å². The second-order valence-electron chi connectivity index (χ2n) is 7.63. The van der Waals surface area contributed by atoms with Crippen LogP contribution in [0.15, 0.2) is 4.99 Å². The summed E-state index contributed by atoms with van der Waals surface area (Å²) in [4.78, 5) is 18.8. The van der Waals surface area contributed by atoms with Gasteiger partial charge in [-0.2, -0.15) is 0 Å². The third-order valence-corrected chi connectivity index (χ3v) is 3.93. The Morgan fingerprint density at radius 3 is 2.67 bits per heavy atom. The van der Waals surface area contributed by atoms with Gasteiger partial charge in [0.2, 0.25) is 0 Å². The van der Waals surface area contributed by atoms with Crippen LogP contribution in [0.1, 0.15) is 47.0 Å². The molecule has 1 aliphatic heterocycles. The van der Waals surface area contributed by atoms with E-state index in [1.165, 1.54) is 0 Å². The van der Waals surface area contributed by atoms with Crippen LogP contribution in [0.3, 0.4) is 0 Å². The van der Waals surface area contributed by atoms with Gasteiger partial charge < -0.3 is 29.7 Å². The molecule has 0 radical (unpaired) electrons. The number of amides is 1. The zero-order valence-corrected chi connectivity index (χ0v) is 17.7. The Morgan fingerprint density at radius 1 is 1.22 bits per heavy atom. The molecule has 8 nitrogen and oxygen atoms in total. The maximum atomic E-state index is 11.9. The summed E-state index contributed by atoms with van der Waals surface area (Å²) in [6.45, 7) is 12.9. The summed E-state index contributed by atoms with van der Waals surface area (Å²) in [7, 11) is 1.67. The Morgan fingerprint density at radius 2 is 2.00 bits per heavy atom. The lowest BCUT2D eigenvalue weighted by Gasteiger charge is -2.23. The minimum absolute atomic E-state index is 0.0814. The van der Waals surface area contributed by atoms with Crippen LogP contribution in [0.5, 0.6) is 0 Å². The van der Waals surface area contributed by atoms with E-state index < -0.39 is 5.60 Å². The Bertz CT molecular complexity index is 451. The van der Waals surface area contributed by atoms with Crippen molar-refractivity contribution in [3.63, 3.8) is 0 Å². The molecule has 0 aromatic heterocycles. The van der Waals surface area contributed by atoms with Crippen molar-refractivity contribution in [1.29, 1.82) is 0 Å². The molecule has 0 saturated carbocycles. The summed E-state index contributed by atoms with van der Waals surface area (Å²) in [5.74, 6) is 0.909. The first-order valence-corrected chi connectivity index (χ1v) is 9.95. The maximum Gasteiger partial charge on any atom is 0.407 e. The zero-order chi connectivity index (χ0) is 20.1. The first kappa shape index (κ1) is 23.5. The van der Waals surface area contributed by atoms with Gasteiger partial charge in [-0.25, -0.2) is 4.79 Å². The maximum absolute atomic E-state index is 11.9. The van der Waals surface area contributed by atoms with Crippen LogP contribution in [-0.2, 0) is 14.2 Å². The third-order valence-electron chi connectivity index (χ3n) is 3.93. The molecule has 27 heavy (non-hydrogen) atoms. The van der Waals surface area contributed by atoms with E-state index in [1.54, 1.807) is 7.11 Å². The topological polar surface area (TPSA) is 84.4 Å². The molecule has 1 amide bonds. The number of methoxy groups -OCH3 is 1. The average Bonchev–Trinajstić information content (AvgIpc) is 3.02. The van der Waals surface area contributed by atoms with E-state index in [4.69, 9.17) is 19.2 Å². The summed E-state index contributed by atoms with van der Waals surface area (Å²) in [6, 6.07) is 0.0814. The SMILES string of the molecule is CCNC(=NCCCCOCCOC)N1CCC(NC(=O)OC(C)(C)C)C1. The summed E-state index contributed by atoms with van der Waals surface area (Å²) < 4.78 is 15.7. The van der Waals surface area contributed by atoms with Crippen LogP contribution in [0, 0.1) is 0 Å². The summed E-state index contributed by atoms with van der Waals surface area (Å²) in [5, 5.41) is 6.29. The number of rotatable bonds is 10. The molecular formula is C19H38N4O4.